The summed E-state index contributed by atoms with van der Waals surface area (Å²) in [5.74, 6) is -0.682. The SMILES string of the molecule is COC(=O)C(C)(C)[C@H](N)c1c(F)cccc1OC. The Bertz CT molecular complexity index is 446. The molecule has 2 N–H and O–H groups in total. The predicted molar refractivity (Wildman–Crippen MR) is 65.7 cm³/mol. The molecule has 1 rings (SSSR count). The number of carbonyl (C=O) groups excluding carboxylic acids is 1. The Morgan fingerprint density at radius 3 is 2.50 bits per heavy atom. The summed E-state index contributed by atoms with van der Waals surface area (Å²) in [5, 5.41) is 0. The molecular formula is C13H18FNO3. The maximum atomic E-state index is 13.9. The summed E-state index contributed by atoms with van der Waals surface area (Å²) in [6, 6.07) is 3.55. The molecule has 18 heavy (non-hydrogen) atoms. The molecule has 1 atom stereocenters. The third kappa shape index (κ3) is 2.46. The molecule has 5 heteroatoms. The summed E-state index contributed by atoms with van der Waals surface area (Å²) in [6.45, 7) is 3.21. The Morgan fingerprint density at radius 2 is 2.00 bits per heavy atom. The topological polar surface area (TPSA) is 61.5 Å². The normalized spacial score (nSPS) is 13.0. The van der Waals surface area contributed by atoms with Crippen LogP contribution in [0.4, 0.5) is 4.39 Å². The minimum absolute atomic E-state index is 0.176. The number of hydrogen-bond donors (Lipinski definition) is 1. The molecule has 0 amide bonds. The first-order valence-corrected chi connectivity index (χ1v) is 5.52. The van der Waals surface area contributed by atoms with Crippen molar-refractivity contribution in [2.45, 2.75) is 19.9 Å². The minimum atomic E-state index is -1.05. The summed E-state index contributed by atoms with van der Waals surface area (Å²) in [5.41, 5.74) is 5.13. The molecule has 0 saturated carbocycles. The highest BCUT2D eigenvalue weighted by Crippen LogP contribution is 2.38. The Kier molecular flexibility index (Phi) is 4.29. The van der Waals surface area contributed by atoms with E-state index in [-0.39, 0.29) is 5.56 Å². The summed E-state index contributed by atoms with van der Waals surface area (Å²) in [4.78, 5) is 11.7. The van der Waals surface area contributed by atoms with Crippen molar-refractivity contribution in [1.82, 2.24) is 0 Å². The maximum absolute atomic E-state index is 13.9. The fourth-order valence-electron chi connectivity index (χ4n) is 1.75. The number of esters is 1. The van der Waals surface area contributed by atoms with Crippen LogP contribution < -0.4 is 10.5 Å². The monoisotopic (exact) mass is 255 g/mol. The molecule has 0 heterocycles. The van der Waals surface area contributed by atoms with Gasteiger partial charge in [0.25, 0.3) is 0 Å². The number of benzene rings is 1. The van der Waals surface area contributed by atoms with Gasteiger partial charge in [-0.2, -0.15) is 0 Å². The van der Waals surface area contributed by atoms with Gasteiger partial charge in [0, 0.05) is 5.56 Å². The van der Waals surface area contributed by atoms with Gasteiger partial charge in [-0.3, -0.25) is 4.79 Å². The van der Waals surface area contributed by atoms with Gasteiger partial charge < -0.3 is 15.2 Å². The first-order chi connectivity index (χ1) is 8.36. The molecule has 0 unspecified atom stereocenters. The lowest BCUT2D eigenvalue weighted by molar-refractivity contribution is -0.152. The maximum Gasteiger partial charge on any atom is 0.313 e. The van der Waals surface area contributed by atoms with Gasteiger partial charge in [-0.05, 0) is 26.0 Å². The van der Waals surface area contributed by atoms with Gasteiger partial charge in [-0.1, -0.05) is 6.07 Å². The van der Waals surface area contributed by atoms with Crippen LogP contribution in [0.15, 0.2) is 18.2 Å². The number of hydrogen-bond acceptors (Lipinski definition) is 4. The van der Waals surface area contributed by atoms with Crippen LogP contribution in [0.25, 0.3) is 0 Å². The number of carbonyl (C=O) groups is 1. The number of rotatable bonds is 4. The zero-order chi connectivity index (χ0) is 13.9. The van der Waals surface area contributed by atoms with Crippen molar-refractivity contribution in [2.24, 2.45) is 11.1 Å². The zero-order valence-corrected chi connectivity index (χ0v) is 11.0. The minimum Gasteiger partial charge on any atom is -0.496 e. The fourth-order valence-corrected chi connectivity index (χ4v) is 1.75. The molecular weight excluding hydrogens is 237 g/mol. The van der Waals surface area contributed by atoms with Crippen LogP contribution in [0.3, 0.4) is 0 Å². The zero-order valence-electron chi connectivity index (χ0n) is 11.0. The van der Waals surface area contributed by atoms with E-state index < -0.39 is 23.2 Å². The Balaban J connectivity index is 3.26. The molecule has 1 aromatic rings. The molecule has 4 nitrogen and oxygen atoms in total. The number of ether oxygens (including phenoxy) is 2. The standard InChI is InChI=1S/C13H18FNO3/c1-13(2,12(16)18-4)11(15)10-8(14)6-5-7-9(10)17-3/h5-7,11H,15H2,1-4H3/t11-/m1/s1. The third-order valence-corrected chi connectivity index (χ3v) is 3.03. The molecule has 0 aliphatic carbocycles. The third-order valence-electron chi connectivity index (χ3n) is 3.03. The molecule has 0 aliphatic rings. The van der Waals surface area contributed by atoms with Crippen molar-refractivity contribution in [1.29, 1.82) is 0 Å². The van der Waals surface area contributed by atoms with Crippen molar-refractivity contribution >= 4 is 5.97 Å². The number of nitrogens with two attached hydrogens (primary N) is 1. The second kappa shape index (κ2) is 5.35. The van der Waals surface area contributed by atoms with Crippen molar-refractivity contribution in [3.8, 4) is 5.75 Å². The van der Waals surface area contributed by atoms with Crippen LogP contribution in [-0.4, -0.2) is 20.2 Å². The number of halogens is 1. The lowest BCUT2D eigenvalue weighted by Crippen LogP contribution is -2.38. The van der Waals surface area contributed by atoms with E-state index in [1.807, 2.05) is 0 Å². The first kappa shape index (κ1) is 14.4. The van der Waals surface area contributed by atoms with Gasteiger partial charge in [-0.25, -0.2) is 4.39 Å². The lowest BCUT2D eigenvalue weighted by atomic mass is 9.80. The number of methoxy groups -OCH3 is 2. The molecule has 0 radical (unpaired) electrons. The molecule has 0 spiro atoms. The molecule has 1 aromatic carbocycles. The van der Waals surface area contributed by atoms with E-state index in [0.717, 1.165) is 0 Å². The molecule has 100 valence electrons. The summed E-state index contributed by atoms with van der Waals surface area (Å²) < 4.78 is 23.6. The Morgan fingerprint density at radius 1 is 1.39 bits per heavy atom. The van der Waals surface area contributed by atoms with E-state index in [0.29, 0.717) is 5.75 Å². The molecule has 0 aromatic heterocycles. The van der Waals surface area contributed by atoms with E-state index in [1.54, 1.807) is 19.9 Å². The average Bonchev–Trinajstić information content (AvgIpc) is 2.36. The van der Waals surface area contributed by atoms with Crippen molar-refractivity contribution in [3.63, 3.8) is 0 Å². The van der Waals surface area contributed by atoms with Gasteiger partial charge in [0.05, 0.1) is 25.7 Å². The fraction of sp³-hybridized carbons (Fsp3) is 0.462. The van der Waals surface area contributed by atoms with Crippen LogP contribution in [0.5, 0.6) is 5.75 Å². The quantitative estimate of drug-likeness (QED) is 0.836. The van der Waals surface area contributed by atoms with E-state index in [4.69, 9.17) is 10.5 Å². The van der Waals surface area contributed by atoms with Crippen LogP contribution >= 0.6 is 0 Å². The van der Waals surface area contributed by atoms with Gasteiger partial charge in [0.15, 0.2) is 0 Å². The van der Waals surface area contributed by atoms with Gasteiger partial charge >= 0.3 is 5.97 Å². The Labute approximate surface area is 106 Å². The summed E-state index contributed by atoms with van der Waals surface area (Å²) >= 11 is 0. The van der Waals surface area contributed by atoms with Crippen LogP contribution in [-0.2, 0) is 9.53 Å². The molecule has 0 bridgehead atoms. The van der Waals surface area contributed by atoms with Crippen molar-refractivity contribution < 1.29 is 18.7 Å². The molecule has 0 aliphatic heterocycles. The highest BCUT2D eigenvalue weighted by molar-refractivity contribution is 5.77. The summed E-state index contributed by atoms with van der Waals surface area (Å²) in [7, 11) is 2.70. The van der Waals surface area contributed by atoms with Crippen LogP contribution in [0.2, 0.25) is 0 Å². The first-order valence-electron chi connectivity index (χ1n) is 5.52. The largest absolute Gasteiger partial charge is 0.496 e. The van der Waals surface area contributed by atoms with Crippen LogP contribution in [0.1, 0.15) is 25.5 Å². The highest BCUT2D eigenvalue weighted by atomic mass is 19.1. The van der Waals surface area contributed by atoms with Crippen molar-refractivity contribution in [3.05, 3.63) is 29.6 Å². The second-order valence-corrected chi connectivity index (χ2v) is 4.55. The van der Waals surface area contributed by atoms with Gasteiger partial charge in [0.2, 0.25) is 0 Å². The smallest absolute Gasteiger partial charge is 0.313 e. The average molecular weight is 255 g/mol. The van der Waals surface area contributed by atoms with E-state index in [9.17, 15) is 9.18 Å². The second-order valence-electron chi connectivity index (χ2n) is 4.55. The Hall–Kier alpha value is -1.62. The molecule has 0 saturated heterocycles. The van der Waals surface area contributed by atoms with E-state index in [1.165, 1.54) is 26.4 Å². The highest BCUT2D eigenvalue weighted by Gasteiger charge is 2.39. The van der Waals surface area contributed by atoms with Gasteiger partial charge in [-0.15, -0.1) is 0 Å². The van der Waals surface area contributed by atoms with Crippen LogP contribution in [0, 0.1) is 11.2 Å². The molecule has 0 fully saturated rings. The lowest BCUT2D eigenvalue weighted by Gasteiger charge is -2.30. The van der Waals surface area contributed by atoms with E-state index >= 15 is 0 Å². The summed E-state index contributed by atoms with van der Waals surface area (Å²) in [6.07, 6.45) is 0. The van der Waals surface area contributed by atoms with Gasteiger partial charge in [0.1, 0.15) is 11.6 Å². The van der Waals surface area contributed by atoms with E-state index in [2.05, 4.69) is 4.74 Å². The predicted octanol–water partition coefficient (Wildman–Crippen LogP) is 2.03. The van der Waals surface area contributed by atoms with Crippen molar-refractivity contribution in [2.75, 3.05) is 14.2 Å².